The number of nitrogens with zero attached hydrogens (tertiary/aromatic N) is 5. The van der Waals surface area contributed by atoms with Gasteiger partial charge in [0.15, 0.2) is 17.5 Å². The zero-order valence-electron chi connectivity index (χ0n) is 31.7. The van der Waals surface area contributed by atoms with Crippen molar-refractivity contribution >= 4 is 44.6 Å². The Balaban J connectivity index is 1.08. The third kappa shape index (κ3) is 5.45. The summed E-state index contributed by atoms with van der Waals surface area (Å²) in [6.45, 7) is 0. The Labute approximate surface area is 344 Å². The van der Waals surface area contributed by atoms with Gasteiger partial charge in [0, 0.05) is 48.3 Å². The van der Waals surface area contributed by atoms with Crippen molar-refractivity contribution in [3.63, 3.8) is 0 Å². The van der Waals surface area contributed by atoms with Crippen LogP contribution in [-0.4, -0.2) is 24.1 Å². The van der Waals surface area contributed by atoms with Gasteiger partial charge >= 0.3 is 0 Å². The van der Waals surface area contributed by atoms with E-state index in [0.29, 0.717) is 17.5 Å². The molecule has 0 bridgehead atoms. The fourth-order valence-electron chi connectivity index (χ4n) is 8.72. The number of benzene rings is 8. The quantitative estimate of drug-likeness (QED) is 0.169. The van der Waals surface area contributed by atoms with Crippen LogP contribution in [0.1, 0.15) is 0 Å². The van der Waals surface area contributed by atoms with E-state index in [9.17, 15) is 0 Å². The summed E-state index contributed by atoms with van der Waals surface area (Å²) in [5, 5.41) is 3.73. The summed E-state index contributed by atoms with van der Waals surface area (Å²) in [5.41, 5.74) is 13.0. The maximum absolute atomic E-state index is 5.28. The second-order valence-electron chi connectivity index (χ2n) is 14.8. The fraction of sp³-hybridized carbons (Fsp3) is 0. The molecule has 12 rings (SSSR count). The summed E-state index contributed by atoms with van der Waals surface area (Å²) in [4.78, 5) is 18.2. The molecule has 3 aromatic heterocycles. The summed E-state index contributed by atoms with van der Waals surface area (Å²) in [5.74, 6) is 1.86. The average Bonchev–Trinajstić information content (AvgIpc) is 3.84. The molecule has 1 aliphatic rings. The van der Waals surface area contributed by atoms with Gasteiger partial charge in [-0.15, -0.1) is 0 Å². The highest BCUT2D eigenvalue weighted by atomic mass is 32.2. The first-order valence-electron chi connectivity index (χ1n) is 19.8. The average molecular weight is 772 g/mol. The van der Waals surface area contributed by atoms with Crippen molar-refractivity contribution in [3.05, 3.63) is 200 Å². The Morgan fingerprint density at radius 2 is 0.949 bits per heavy atom. The number of fused-ring (bicyclic) bond motifs is 7. The summed E-state index contributed by atoms with van der Waals surface area (Å²) in [6.07, 6.45) is 0. The SMILES string of the molecule is c1ccc(-c2ccc(-c3nc(-c4cccc(-n5c6ccccc6c6c7cccc8c7n(c65)-c5ccccc5S8)c4)nc(-c4ccccc4-c4ccccc4)n3)cc2)cc1. The molecule has 6 heteroatoms. The zero-order chi connectivity index (χ0) is 38.9. The van der Waals surface area contributed by atoms with Crippen molar-refractivity contribution in [1.29, 1.82) is 0 Å². The molecule has 0 spiro atoms. The first-order valence-corrected chi connectivity index (χ1v) is 20.6. The smallest absolute Gasteiger partial charge is 0.164 e. The molecule has 8 aromatic carbocycles. The molecule has 4 heterocycles. The van der Waals surface area contributed by atoms with Gasteiger partial charge in [0.05, 0.1) is 16.7 Å². The van der Waals surface area contributed by atoms with Crippen molar-refractivity contribution < 1.29 is 0 Å². The number of rotatable bonds is 6. The van der Waals surface area contributed by atoms with Crippen LogP contribution in [-0.2, 0) is 0 Å². The van der Waals surface area contributed by atoms with Gasteiger partial charge in [-0.2, -0.15) is 0 Å². The van der Waals surface area contributed by atoms with E-state index >= 15 is 0 Å². The second-order valence-corrected chi connectivity index (χ2v) is 15.9. The van der Waals surface area contributed by atoms with Crippen LogP contribution in [0.15, 0.2) is 210 Å². The van der Waals surface area contributed by atoms with E-state index in [4.69, 9.17) is 15.0 Å². The van der Waals surface area contributed by atoms with E-state index in [1.165, 1.54) is 42.7 Å². The van der Waals surface area contributed by atoms with Gasteiger partial charge in [-0.05, 0) is 58.7 Å². The van der Waals surface area contributed by atoms with E-state index in [-0.39, 0.29) is 0 Å². The second kappa shape index (κ2) is 13.5. The van der Waals surface area contributed by atoms with Gasteiger partial charge < -0.3 is 0 Å². The maximum Gasteiger partial charge on any atom is 0.164 e. The molecule has 0 saturated heterocycles. The Morgan fingerprint density at radius 3 is 1.78 bits per heavy atom. The fourth-order valence-corrected chi connectivity index (χ4v) is 9.81. The molecule has 5 nitrogen and oxygen atoms in total. The van der Waals surface area contributed by atoms with Crippen LogP contribution in [0.5, 0.6) is 0 Å². The third-order valence-electron chi connectivity index (χ3n) is 11.4. The maximum atomic E-state index is 5.28. The highest BCUT2D eigenvalue weighted by Gasteiger charge is 2.28. The minimum atomic E-state index is 0.611. The van der Waals surface area contributed by atoms with Crippen LogP contribution in [0.2, 0.25) is 0 Å². The molecule has 0 fully saturated rings. The van der Waals surface area contributed by atoms with Crippen LogP contribution in [0.3, 0.4) is 0 Å². The first-order chi connectivity index (χ1) is 29.3. The number of aromatic nitrogens is 5. The molecule has 59 heavy (non-hydrogen) atoms. The number of hydrogen-bond donors (Lipinski definition) is 0. The lowest BCUT2D eigenvalue weighted by Crippen LogP contribution is -2.06. The summed E-state index contributed by atoms with van der Waals surface area (Å²) in [6, 6.07) is 70.6. The highest BCUT2D eigenvalue weighted by molar-refractivity contribution is 7.99. The molecule has 11 aromatic rings. The number of para-hydroxylation sites is 3. The lowest BCUT2D eigenvalue weighted by Gasteiger charge is -2.21. The highest BCUT2D eigenvalue weighted by Crippen LogP contribution is 2.49. The molecule has 0 saturated carbocycles. The van der Waals surface area contributed by atoms with E-state index in [2.05, 4.69) is 197 Å². The molecule has 0 aliphatic carbocycles. The van der Waals surface area contributed by atoms with Crippen LogP contribution >= 0.6 is 11.8 Å². The molecule has 1 aliphatic heterocycles. The van der Waals surface area contributed by atoms with E-state index in [1.54, 1.807) is 0 Å². The molecule has 0 amide bonds. The van der Waals surface area contributed by atoms with Gasteiger partial charge in [-0.1, -0.05) is 176 Å². The molecular weight excluding hydrogens is 739 g/mol. The Kier molecular flexibility index (Phi) is 7.71. The Morgan fingerprint density at radius 1 is 0.373 bits per heavy atom. The van der Waals surface area contributed by atoms with Gasteiger partial charge in [0.25, 0.3) is 0 Å². The van der Waals surface area contributed by atoms with Crippen molar-refractivity contribution in [2.45, 2.75) is 9.79 Å². The van der Waals surface area contributed by atoms with Gasteiger partial charge in [0.1, 0.15) is 5.65 Å². The van der Waals surface area contributed by atoms with Crippen molar-refractivity contribution in [3.8, 4) is 67.8 Å². The summed E-state index contributed by atoms with van der Waals surface area (Å²) >= 11 is 1.85. The van der Waals surface area contributed by atoms with Gasteiger partial charge in [-0.25, -0.2) is 15.0 Å². The molecular formula is C53H33N5S. The Hall–Kier alpha value is -7.54. The lowest BCUT2D eigenvalue weighted by molar-refractivity contribution is 1.02. The lowest BCUT2D eigenvalue weighted by atomic mass is 9.99. The molecule has 0 radical (unpaired) electrons. The minimum Gasteiger partial charge on any atom is -0.295 e. The molecule has 276 valence electrons. The molecule has 0 atom stereocenters. The Bertz CT molecular complexity index is 3400. The van der Waals surface area contributed by atoms with Crippen LogP contribution in [0.25, 0.3) is 101 Å². The number of hydrogen-bond acceptors (Lipinski definition) is 4. The first kappa shape index (κ1) is 33.6. The predicted octanol–water partition coefficient (Wildman–Crippen LogP) is 13.7. The molecule has 0 unspecified atom stereocenters. The van der Waals surface area contributed by atoms with Crippen molar-refractivity contribution in [2.75, 3.05) is 0 Å². The van der Waals surface area contributed by atoms with E-state index in [1.807, 2.05) is 23.9 Å². The monoisotopic (exact) mass is 771 g/mol. The topological polar surface area (TPSA) is 48.5 Å². The standard InChI is InChI=1S/C53H33N5S/c1-3-15-34(16-4-1)35-29-31-37(32-30-35)50-54-51(56-52(55-50)41-22-8-7-21-40(41)36-17-5-2-6-18-36)38-19-13-20-39(33-38)57-44-25-10-9-23-42(44)48-43-24-14-28-47-49(43)58(53(48)57)45-26-11-12-27-46(45)59-47/h1-33H. The molecule has 0 N–H and O–H groups in total. The van der Waals surface area contributed by atoms with Crippen LogP contribution in [0, 0.1) is 0 Å². The summed E-state index contributed by atoms with van der Waals surface area (Å²) in [7, 11) is 0. The summed E-state index contributed by atoms with van der Waals surface area (Å²) < 4.78 is 4.89. The minimum absolute atomic E-state index is 0.611. The largest absolute Gasteiger partial charge is 0.295 e. The third-order valence-corrected chi connectivity index (χ3v) is 12.5. The van der Waals surface area contributed by atoms with Gasteiger partial charge in [0.2, 0.25) is 0 Å². The predicted molar refractivity (Wildman–Crippen MR) is 242 cm³/mol. The van der Waals surface area contributed by atoms with Crippen LogP contribution < -0.4 is 0 Å². The van der Waals surface area contributed by atoms with Crippen molar-refractivity contribution in [1.82, 2.24) is 24.1 Å². The van der Waals surface area contributed by atoms with Crippen molar-refractivity contribution in [2.24, 2.45) is 0 Å². The van der Waals surface area contributed by atoms with E-state index in [0.717, 1.165) is 50.2 Å². The zero-order valence-corrected chi connectivity index (χ0v) is 32.5. The van der Waals surface area contributed by atoms with Gasteiger partial charge in [-0.3, -0.25) is 9.13 Å². The van der Waals surface area contributed by atoms with E-state index < -0.39 is 0 Å². The van der Waals surface area contributed by atoms with Crippen LogP contribution in [0.4, 0.5) is 0 Å². The normalized spacial score (nSPS) is 12.0.